The van der Waals surface area contributed by atoms with E-state index in [-0.39, 0.29) is 0 Å². The Labute approximate surface area is 163 Å². The van der Waals surface area contributed by atoms with E-state index in [4.69, 9.17) is 14.7 Å². The van der Waals surface area contributed by atoms with E-state index in [2.05, 4.69) is 63.6 Å². The van der Waals surface area contributed by atoms with Crippen molar-refractivity contribution in [1.82, 2.24) is 14.5 Å². The molecule has 27 heavy (non-hydrogen) atoms. The summed E-state index contributed by atoms with van der Waals surface area (Å²) in [7, 11) is 1.68. The Morgan fingerprint density at radius 2 is 1.81 bits per heavy atom. The minimum Gasteiger partial charge on any atom is -0.480 e. The van der Waals surface area contributed by atoms with Gasteiger partial charge in [0, 0.05) is 18.4 Å². The lowest BCUT2D eigenvalue weighted by Crippen LogP contribution is -2.01. The van der Waals surface area contributed by atoms with Crippen LogP contribution < -0.4 is 4.74 Å². The van der Waals surface area contributed by atoms with Crippen LogP contribution in [-0.2, 0) is 13.0 Å². The zero-order valence-electron chi connectivity index (χ0n) is 18.1. The first-order valence-electron chi connectivity index (χ1n) is 10.0. The third-order valence-electron chi connectivity index (χ3n) is 4.76. The van der Waals surface area contributed by atoms with Crippen molar-refractivity contribution in [2.45, 2.75) is 67.3 Å². The predicted octanol–water partition coefficient (Wildman–Crippen LogP) is 6.15. The Bertz CT molecular complexity index is 910. The Hall–Kier alpha value is -2.36. The molecule has 0 aliphatic carbocycles. The maximum absolute atomic E-state index is 5.60. The summed E-state index contributed by atoms with van der Waals surface area (Å²) in [5.41, 5.74) is 7.66. The summed E-state index contributed by atoms with van der Waals surface area (Å²) in [5, 5.41) is 0. The van der Waals surface area contributed by atoms with Crippen molar-refractivity contribution >= 4 is 11.0 Å². The molecule has 0 radical (unpaired) electrons. The van der Waals surface area contributed by atoms with E-state index in [9.17, 15) is 0 Å². The third kappa shape index (κ3) is 4.00. The monoisotopic (exact) mass is 367 g/mol. The van der Waals surface area contributed by atoms with Crippen LogP contribution in [-0.4, -0.2) is 21.6 Å². The highest BCUT2D eigenvalue weighted by Gasteiger charge is 2.17. The van der Waals surface area contributed by atoms with E-state index in [1.165, 1.54) is 16.6 Å². The van der Waals surface area contributed by atoms with Crippen molar-refractivity contribution < 1.29 is 4.74 Å². The number of methoxy groups -OCH3 is 1. The summed E-state index contributed by atoms with van der Waals surface area (Å²) < 4.78 is 7.86. The van der Waals surface area contributed by atoms with Gasteiger partial charge in [0.15, 0.2) is 0 Å². The summed E-state index contributed by atoms with van der Waals surface area (Å²) in [5.74, 6) is 1.02. The van der Waals surface area contributed by atoms with Gasteiger partial charge < -0.3 is 9.30 Å². The summed E-state index contributed by atoms with van der Waals surface area (Å²) >= 11 is 0. The van der Waals surface area contributed by atoms with Gasteiger partial charge in [-0.15, -0.1) is 0 Å². The first-order valence-corrected chi connectivity index (χ1v) is 10.0. The summed E-state index contributed by atoms with van der Waals surface area (Å²) in [6, 6.07) is 6.45. The second-order valence-corrected chi connectivity index (χ2v) is 6.76. The fourth-order valence-electron chi connectivity index (χ4n) is 3.29. The largest absolute Gasteiger partial charge is 0.480 e. The van der Waals surface area contributed by atoms with Gasteiger partial charge >= 0.3 is 0 Å². The molecule has 4 nitrogen and oxygen atoms in total. The maximum atomic E-state index is 5.60. The highest BCUT2D eigenvalue weighted by atomic mass is 16.5. The van der Waals surface area contributed by atoms with Crippen LogP contribution in [0.2, 0.25) is 0 Å². The number of aryl methyl sites for hydroxylation is 3. The average molecular weight is 368 g/mol. The van der Waals surface area contributed by atoms with Gasteiger partial charge in [-0.2, -0.15) is 0 Å². The van der Waals surface area contributed by atoms with Gasteiger partial charge in [-0.1, -0.05) is 34.6 Å². The molecule has 0 unspecified atom stereocenters. The Morgan fingerprint density at radius 3 is 2.37 bits per heavy atom. The van der Waals surface area contributed by atoms with Gasteiger partial charge in [0.1, 0.15) is 0 Å². The topological polar surface area (TPSA) is 39.9 Å². The molecule has 0 saturated heterocycles. The maximum Gasteiger partial charge on any atom is 0.222 e. The molecule has 146 valence electrons. The van der Waals surface area contributed by atoms with Gasteiger partial charge in [-0.25, -0.2) is 9.97 Å². The molecule has 0 saturated carbocycles. The van der Waals surface area contributed by atoms with Gasteiger partial charge in [-0.05, 0) is 55.5 Å². The van der Waals surface area contributed by atoms with Crippen molar-refractivity contribution in [1.29, 1.82) is 0 Å². The molecule has 0 aliphatic rings. The predicted molar refractivity (Wildman–Crippen MR) is 115 cm³/mol. The fraction of sp³-hybridized carbons (Fsp3) is 0.478. The zero-order chi connectivity index (χ0) is 20.1. The number of nitrogens with zero attached hydrogens (tertiary/aromatic N) is 3. The number of rotatable bonds is 5. The van der Waals surface area contributed by atoms with E-state index in [1.807, 2.05) is 13.8 Å². The van der Waals surface area contributed by atoms with Crippen LogP contribution in [0.5, 0.6) is 5.88 Å². The molecule has 3 rings (SSSR count). The molecule has 0 aromatic carbocycles. The van der Waals surface area contributed by atoms with E-state index < -0.39 is 0 Å². The second-order valence-electron chi connectivity index (χ2n) is 6.76. The molecular formula is C23H33N3O. The van der Waals surface area contributed by atoms with Crippen LogP contribution in [0.1, 0.15) is 64.3 Å². The summed E-state index contributed by atoms with van der Waals surface area (Å²) in [6.07, 6.45) is 3.10. The summed E-state index contributed by atoms with van der Waals surface area (Å²) in [4.78, 5) is 9.73. The first kappa shape index (κ1) is 20.9. The van der Waals surface area contributed by atoms with Crippen LogP contribution in [0.15, 0.2) is 24.4 Å². The molecule has 3 aromatic rings. The Balaban J connectivity index is 0.00000126. The molecular weight excluding hydrogens is 334 g/mol. The fourth-order valence-corrected chi connectivity index (χ4v) is 3.29. The minimum atomic E-state index is 0.366. The quantitative estimate of drug-likeness (QED) is 0.543. The SMILES string of the molecule is CC.CCc1cc2c(nc1-c1ccc(C(C)C)nc1OC)c(C)cn2CC. The Morgan fingerprint density at radius 1 is 1.11 bits per heavy atom. The number of hydrogen-bond donors (Lipinski definition) is 0. The van der Waals surface area contributed by atoms with Crippen LogP contribution in [0.25, 0.3) is 22.3 Å². The number of pyridine rings is 2. The number of ether oxygens (including phenoxy) is 1. The lowest BCUT2D eigenvalue weighted by molar-refractivity contribution is 0.397. The molecule has 3 heterocycles. The smallest absolute Gasteiger partial charge is 0.222 e. The molecule has 0 bridgehead atoms. The number of hydrogen-bond acceptors (Lipinski definition) is 3. The lowest BCUT2D eigenvalue weighted by Gasteiger charge is -2.14. The van der Waals surface area contributed by atoms with Crippen LogP contribution >= 0.6 is 0 Å². The molecule has 0 amide bonds. The highest BCUT2D eigenvalue weighted by Crippen LogP contribution is 2.34. The molecule has 0 aliphatic heterocycles. The van der Waals surface area contributed by atoms with Crippen molar-refractivity contribution in [2.24, 2.45) is 0 Å². The van der Waals surface area contributed by atoms with Gasteiger partial charge in [0.25, 0.3) is 0 Å². The molecule has 0 fully saturated rings. The second kappa shape index (κ2) is 9.03. The van der Waals surface area contributed by atoms with Gasteiger partial charge in [0.2, 0.25) is 5.88 Å². The lowest BCUT2D eigenvalue weighted by atomic mass is 10.0. The van der Waals surface area contributed by atoms with E-state index >= 15 is 0 Å². The molecule has 4 heteroatoms. The van der Waals surface area contributed by atoms with E-state index in [0.717, 1.165) is 35.4 Å². The van der Waals surface area contributed by atoms with Crippen molar-refractivity contribution in [2.75, 3.05) is 7.11 Å². The zero-order valence-corrected chi connectivity index (χ0v) is 18.1. The van der Waals surface area contributed by atoms with Crippen molar-refractivity contribution in [3.8, 4) is 17.1 Å². The van der Waals surface area contributed by atoms with Crippen LogP contribution in [0.4, 0.5) is 0 Å². The molecule has 0 N–H and O–H groups in total. The van der Waals surface area contributed by atoms with E-state index in [1.54, 1.807) is 7.11 Å². The van der Waals surface area contributed by atoms with Gasteiger partial charge in [-0.3, -0.25) is 0 Å². The summed E-state index contributed by atoms with van der Waals surface area (Å²) in [6.45, 7) is 15.7. The first-order chi connectivity index (χ1) is 13.0. The van der Waals surface area contributed by atoms with Crippen LogP contribution in [0, 0.1) is 6.92 Å². The number of aromatic nitrogens is 3. The van der Waals surface area contributed by atoms with E-state index in [0.29, 0.717) is 11.8 Å². The molecule has 0 atom stereocenters. The van der Waals surface area contributed by atoms with Crippen molar-refractivity contribution in [3.05, 3.63) is 41.2 Å². The standard InChI is InChI=1S/C21H27N3O.C2H6/c1-7-15-11-18-19(14(5)12-24(18)8-2)23-20(15)16-9-10-17(13(3)4)22-21(16)25-6;1-2/h9-13H,7-8H2,1-6H3;1-2H3. The highest BCUT2D eigenvalue weighted by molar-refractivity contribution is 5.85. The third-order valence-corrected chi connectivity index (χ3v) is 4.76. The minimum absolute atomic E-state index is 0.366. The number of fused-ring (bicyclic) bond motifs is 1. The van der Waals surface area contributed by atoms with Crippen LogP contribution in [0.3, 0.4) is 0 Å². The van der Waals surface area contributed by atoms with Gasteiger partial charge in [0.05, 0.1) is 29.4 Å². The average Bonchev–Trinajstić information content (AvgIpc) is 3.02. The normalized spacial score (nSPS) is 10.9. The molecule has 3 aromatic heterocycles. The Kier molecular flexibility index (Phi) is 7.00. The molecule has 0 spiro atoms. The van der Waals surface area contributed by atoms with Crippen molar-refractivity contribution in [3.63, 3.8) is 0 Å².